The summed E-state index contributed by atoms with van der Waals surface area (Å²) in [7, 11) is -2.51. The van der Waals surface area contributed by atoms with E-state index < -0.39 is 22.1 Å². The molecule has 120 valence electrons. The van der Waals surface area contributed by atoms with Crippen LogP contribution in [-0.4, -0.2) is 62.7 Å². The summed E-state index contributed by atoms with van der Waals surface area (Å²) in [4.78, 5) is 11.6. The first-order valence-corrected chi connectivity index (χ1v) is 7.77. The van der Waals surface area contributed by atoms with Crippen LogP contribution in [0.4, 0.5) is 0 Å². The van der Waals surface area contributed by atoms with Gasteiger partial charge in [-0.3, -0.25) is 5.10 Å². The fourth-order valence-electron chi connectivity index (χ4n) is 1.54. The molecule has 1 heterocycles. The lowest BCUT2D eigenvalue weighted by Crippen LogP contribution is -2.30. The Kier molecular flexibility index (Phi) is 6.75. The van der Waals surface area contributed by atoms with Crippen LogP contribution in [0.3, 0.4) is 0 Å². The van der Waals surface area contributed by atoms with Gasteiger partial charge in [0.15, 0.2) is 5.03 Å². The van der Waals surface area contributed by atoms with E-state index in [9.17, 15) is 18.3 Å². The van der Waals surface area contributed by atoms with Crippen LogP contribution in [0, 0.1) is 0 Å². The zero-order valence-electron chi connectivity index (χ0n) is 11.8. The Bertz CT molecular complexity index is 556. The average molecular weight is 321 g/mol. The molecule has 9 nitrogen and oxygen atoms in total. The minimum atomic E-state index is -3.94. The van der Waals surface area contributed by atoms with E-state index >= 15 is 0 Å². The number of esters is 1. The Hall–Kier alpha value is -1.49. The maximum absolute atomic E-state index is 12.1. The highest BCUT2D eigenvalue weighted by atomic mass is 32.2. The molecule has 21 heavy (non-hydrogen) atoms. The molecule has 0 aromatic carbocycles. The Morgan fingerprint density at radius 2 is 2.29 bits per heavy atom. The number of ether oxygens (including phenoxy) is 2. The molecule has 10 heteroatoms. The molecule has 1 aromatic rings. The highest BCUT2D eigenvalue weighted by molar-refractivity contribution is 7.89. The molecule has 0 aliphatic carbocycles. The number of carbonyl (C=O) groups excluding carboxylic acids is 1. The molecule has 3 N–H and O–H groups in total. The Morgan fingerprint density at radius 1 is 1.57 bits per heavy atom. The monoisotopic (exact) mass is 321 g/mol. The lowest BCUT2D eigenvalue weighted by atomic mass is 10.3. The van der Waals surface area contributed by atoms with E-state index in [0.717, 1.165) is 6.20 Å². The van der Waals surface area contributed by atoms with Crippen molar-refractivity contribution >= 4 is 16.0 Å². The van der Waals surface area contributed by atoms with Crippen LogP contribution in [0.1, 0.15) is 23.7 Å². The number of aromatic nitrogens is 2. The highest BCUT2D eigenvalue weighted by Gasteiger charge is 2.25. The van der Waals surface area contributed by atoms with Crippen LogP contribution in [0.5, 0.6) is 0 Å². The number of sulfonamides is 1. The number of aliphatic hydroxyl groups is 1. The number of hydrogen-bond donors (Lipinski definition) is 3. The number of rotatable bonds is 9. The zero-order chi connectivity index (χ0) is 15.9. The topological polar surface area (TPSA) is 131 Å². The highest BCUT2D eigenvalue weighted by Crippen LogP contribution is 2.13. The number of nitrogens with zero attached hydrogens (tertiary/aromatic N) is 1. The van der Waals surface area contributed by atoms with Crippen molar-refractivity contribution in [2.45, 2.75) is 24.5 Å². The third kappa shape index (κ3) is 5.08. The van der Waals surface area contributed by atoms with Gasteiger partial charge in [0.2, 0.25) is 0 Å². The molecule has 0 spiro atoms. The maximum Gasteiger partial charge on any atom is 0.342 e. The molecule has 0 bridgehead atoms. The molecule has 0 saturated heterocycles. The van der Waals surface area contributed by atoms with E-state index in [1.165, 1.54) is 7.11 Å². The zero-order valence-corrected chi connectivity index (χ0v) is 12.6. The maximum atomic E-state index is 12.1. The first kappa shape index (κ1) is 17.6. The first-order valence-electron chi connectivity index (χ1n) is 6.29. The molecule has 0 aliphatic heterocycles. The van der Waals surface area contributed by atoms with Gasteiger partial charge in [-0.05, 0) is 13.3 Å². The van der Waals surface area contributed by atoms with Crippen molar-refractivity contribution in [3.8, 4) is 0 Å². The van der Waals surface area contributed by atoms with Gasteiger partial charge in [0, 0.05) is 13.7 Å². The van der Waals surface area contributed by atoms with Gasteiger partial charge in [-0.15, -0.1) is 0 Å². The second-order valence-electron chi connectivity index (χ2n) is 4.13. The Morgan fingerprint density at radius 3 is 2.90 bits per heavy atom. The smallest absolute Gasteiger partial charge is 0.342 e. The van der Waals surface area contributed by atoms with E-state index in [1.54, 1.807) is 6.92 Å². The number of methoxy groups -OCH3 is 1. The van der Waals surface area contributed by atoms with Gasteiger partial charge in [-0.25, -0.2) is 17.9 Å². The summed E-state index contributed by atoms with van der Waals surface area (Å²) < 4.78 is 35.9. The molecule has 1 unspecified atom stereocenters. The molecule has 0 aliphatic rings. The van der Waals surface area contributed by atoms with Crippen LogP contribution < -0.4 is 4.72 Å². The van der Waals surface area contributed by atoms with Crippen molar-refractivity contribution < 1.29 is 27.8 Å². The summed E-state index contributed by atoms with van der Waals surface area (Å²) in [5, 5.41) is 14.9. The van der Waals surface area contributed by atoms with Gasteiger partial charge >= 0.3 is 5.97 Å². The minimum Gasteiger partial charge on any atom is -0.462 e. The molecule has 1 aromatic heterocycles. The summed E-state index contributed by atoms with van der Waals surface area (Å²) in [5.41, 5.74) is -0.165. The number of hydrogen-bond acceptors (Lipinski definition) is 7. The van der Waals surface area contributed by atoms with E-state index in [2.05, 4.69) is 14.9 Å². The predicted octanol–water partition coefficient (Wildman–Crippen LogP) is -0.738. The second-order valence-corrected chi connectivity index (χ2v) is 5.83. The van der Waals surface area contributed by atoms with Gasteiger partial charge < -0.3 is 14.6 Å². The van der Waals surface area contributed by atoms with Crippen LogP contribution in [0.15, 0.2) is 11.2 Å². The fourth-order valence-corrected chi connectivity index (χ4v) is 2.67. The first-order chi connectivity index (χ1) is 9.92. The van der Waals surface area contributed by atoms with Crippen molar-refractivity contribution in [3.05, 3.63) is 11.8 Å². The number of H-pyrrole nitrogens is 1. The van der Waals surface area contributed by atoms with Gasteiger partial charge in [0.1, 0.15) is 5.56 Å². The lowest BCUT2D eigenvalue weighted by molar-refractivity contribution is 0.0521. The molecule has 0 saturated carbocycles. The number of aliphatic hydroxyl groups excluding tert-OH is 1. The fraction of sp³-hybridized carbons (Fsp3) is 0.636. The minimum absolute atomic E-state index is 0.00581. The van der Waals surface area contributed by atoms with Crippen molar-refractivity contribution in [1.29, 1.82) is 0 Å². The van der Waals surface area contributed by atoms with Gasteiger partial charge in [-0.2, -0.15) is 5.10 Å². The summed E-state index contributed by atoms with van der Waals surface area (Å²) in [6.07, 6.45) is 0.492. The number of carbonyl (C=O) groups is 1. The average Bonchev–Trinajstić information content (AvgIpc) is 2.89. The van der Waals surface area contributed by atoms with Crippen molar-refractivity contribution in [2.24, 2.45) is 0 Å². The van der Waals surface area contributed by atoms with E-state index in [-0.39, 0.29) is 36.8 Å². The van der Waals surface area contributed by atoms with Crippen LogP contribution >= 0.6 is 0 Å². The van der Waals surface area contributed by atoms with Gasteiger partial charge in [0.05, 0.1) is 25.5 Å². The van der Waals surface area contributed by atoms with Crippen LogP contribution in [0.25, 0.3) is 0 Å². The normalized spacial score (nSPS) is 13.1. The van der Waals surface area contributed by atoms with E-state index in [1.807, 2.05) is 0 Å². The summed E-state index contributed by atoms with van der Waals surface area (Å²) in [5.74, 6) is -0.772. The lowest BCUT2D eigenvalue weighted by Gasteiger charge is -2.10. The number of aromatic amines is 1. The molecule has 0 amide bonds. The quantitative estimate of drug-likeness (QED) is 0.511. The number of nitrogens with one attached hydrogen (secondary N) is 2. The molecule has 0 radical (unpaired) electrons. The van der Waals surface area contributed by atoms with Gasteiger partial charge in [0.25, 0.3) is 10.0 Å². The van der Waals surface area contributed by atoms with Crippen molar-refractivity contribution in [3.63, 3.8) is 0 Å². The third-order valence-corrected chi connectivity index (χ3v) is 3.93. The molecular formula is C11H19N3O6S. The summed E-state index contributed by atoms with van der Waals surface area (Å²) in [6.45, 7) is 1.84. The van der Waals surface area contributed by atoms with Crippen molar-refractivity contribution in [1.82, 2.24) is 14.9 Å². The molecular weight excluding hydrogens is 302 g/mol. The van der Waals surface area contributed by atoms with Gasteiger partial charge in [-0.1, -0.05) is 0 Å². The van der Waals surface area contributed by atoms with Crippen LogP contribution in [-0.2, 0) is 19.5 Å². The molecule has 1 atom stereocenters. The third-order valence-electron chi connectivity index (χ3n) is 2.50. The Labute approximate surface area is 122 Å². The molecule has 0 fully saturated rings. The summed E-state index contributed by atoms with van der Waals surface area (Å²) >= 11 is 0. The SMILES string of the molecule is CCOC(=O)c1cn[nH]c1S(=O)(=O)NCCC(O)COC. The second kappa shape index (κ2) is 8.08. The standard InChI is InChI=1S/C11H19N3O6S/c1-3-20-11(16)9-6-12-14-10(9)21(17,18)13-5-4-8(15)7-19-2/h6,8,13,15H,3-5,7H2,1-2H3,(H,12,14). The van der Waals surface area contributed by atoms with Crippen LogP contribution in [0.2, 0.25) is 0 Å². The molecule has 1 rings (SSSR count). The Balaban J connectivity index is 2.71. The van der Waals surface area contributed by atoms with Crippen molar-refractivity contribution in [2.75, 3.05) is 26.9 Å². The predicted molar refractivity (Wildman–Crippen MR) is 72.2 cm³/mol. The van der Waals surface area contributed by atoms with E-state index in [4.69, 9.17) is 9.47 Å². The summed E-state index contributed by atoms with van der Waals surface area (Å²) in [6, 6.07) is 0. The van der Waals surface area contributed by atoms with E-state index in [0.29, 0.717) is 0 Å². The largest absolute Gasteiger partial charge is 0.462 e.